The molecular formula is C8H9N4O3+. The van der Waals surface area contributed by atoms with E-state index < -0.39 is 6.03 Å². The number of phenols is 1. The number of nitroso groups, excluding NO2 is 1. The number of amides is 2. The van der Waals surface area contributed by atoms with Crippen molar-refractivity contribution in [3.05, 3.63) is 28.7 Å². The molecule has 0 aliphatic carbocycles. The molecule has 1 rings (SSSR count). The van der Waals surface area contributed by atoms with Crippen LogP contribution in [0, 0.1) is 4.91 Å². The van der Waals surface area contributed by atoms with Crippen molar-refractivity contribution in [3.63, 3.8) is 0 Å². The van der Waals surface area contributed by atoms with Crippen LogP contribution in [0.1, 0.15) is 5.56 Å². The van der Waals surface area contributed by atoms with Gasteiger partial charge in [-0.1, -0.05) is 6.07 Å². The summed E-state index contributed by atoms with van der Waals surface area (Å²) in [6.07, 6.45) is 1.27. The fourth-order valence-corrected chi connectivity index (χ4v) is 0.924. The highest BCUT2D eigenvalue weighted by molar-refractivity contribution is 5.83. The second-order valence-electron chi connectivity index (χ2n) is 2.58. The second-order valence-corrected chi connectivity index (χ2v) is 2.58. The average molecular weight is 209 g/mol. The lowest BCUT2D eigenvalue weighted by Gasteiger charge is -1.96. The number of rotatable bonds is 3. The van der Waals surface area contributed by atoms with Gasteiger partial charge in [-0.25, -0.2) is 4.79 Å². The molecule has 0 unspecified atom stereocenters. The number of phenolic OH excluding ortho intramolecular Hbond substituents is 1. The van der Waals surface area contributed by atoms with Gasteiger partial charge in [0.2, 0.25) is 6.21 Å². The highest BCUT2D eigenvalue weighted by Gasteiger charge is 2.07. The van der Waals surface area contributed by atoms with E-state index in [1.54, 1.807) is 0 Å². The number of nitrogens with one attached hydrogen (secondary N) is 2. The molecule has 5 N–H and O–H groups in total. The largest absolute Gasteiger partial charge is 0.505 e. The number of urea groups is 1. The number of benzene rings is 1. The predicted molar refractivity (Wildman–Crippen MR) is 52.4 cm³/mol. The Morgan fingerprint density at radius 2 is 2.33 bits per heavy atom. The average Bonchev–Trinajstić information content (AvgIpc) is 2.20. The van der Waals surface area contributed by atoms with E-state index in [1.165, 1.54) is 24.4 Å². The molecule has 0 saturated heterocycles. The van der Waals surface area contributed by atoms with Gasteiger partial charge in [0.1, 0.15) is 5.69 Å². The Morgan fingerprint density at radius 3 is 2.93 bits per heavy atom. The van der Waals surface area contributed by atoms with Crippen molar-refractivity contribution in [1.29, 1.82) is 0 Å². The summed E-state index contributed by atoms with van der Waals surface area (Å²) in [7, 11) is 0. The number of para-hydroxylation sites is 1. The van der Waals surface area contributed by atoms with Gasteiger partial charge in [-0.3, -0.25) is 0 Å². The molecule has 0 aliphatic rings. The van der Waals surface area contributed by atoms with Crippen molar-refractivity contribution >= 4 is 17.9 Å². The van der Waals surface area contributed by atoms with Crippen molar-refractivity contribution in [3.8, 4) is 5.75 Å². The molecule has 1 aromatic carbocycles. The molecule has 0 heterocycles. The third kappa shape index (κ3) is 2.76. The van der Waals surface area contributed by atoms with Crippen molar-refractivity contribution in [2.24, 2.45) is 10.9 Å². The predicted octanol–water partition coefficient (Wildman–Crippen LogP) is -1.13. The number of hydrogen-bond acceptors (Lipinski definition) is 4. The van der Waals surface area contributed by atoms with Gasteiger partial charge in [0.25, 0.3) is 0 Å². The van der Waals surface area contributed by atoms with Crippen LogP contribution in [-0.2, 0) is 0 Å². The van der Waals surface area contributed by atoms with Crippen LogP contribution >= 0.6 is 0 Å². The molecule has 0 atom stereocenters. The minimum Gasteiger partial charge on any atom is -0.505 e. The molecule has 0 aliphatic heterocycles. The van der Waals surface area contributed by atoms with Crippen LogP contribution in [0.3, 0.4) is 0 Å². The van der Waals surface area contributed by atoms with Gasteiger partial charge in [0.15, 0.2) is 5.75 Å². The Bertz CT molecular complexity index is 416. The number of primary amides is 1. The molecule has 15 heavy (non-hydrogen) atoms. The minimum atomic E-state index is -0.768. The van der Waals surface area contributed by atoms with E-state index >= 15 is 0 Å². The van der Waals surface area contributed by atoms with Gasteiger partial charge in [0.05, 0.1) is 5.56 Å². The summed E-state index contributed by atoms with van der Waals surface area (Å²) in [4.78, 5) is 20.5. The molecule has 1 aromatic rings. The first kappa shape index (κ1) is 10.6. The number of carbonyl (C=O) groups is 1. The summed E-state index contributed by atoms with van der Waals surface area (Å²) < 4.78 is 0. The Hall–Kier alpha value is -2.44. The van der Waals surface area contributed by atoms with Crippen molar-refractivity contribution in [1.82, 2.24) is 5.43 Å². The summed E-state index contributed by atoms with van der Waals surface area (Å²) in [6.45, 7) is 0. The molecule has 7 nitrogen and oxygen atoms in total. The van der Waals surface area contributed by atoms with E-state index in [9.17, 15) is 14.8 Å². The Balaban J connectivity index is 2.90. The van der Waals surface area contributed by atoms with Gasteiger partial charge in [-0.2, -0.15) is 0 Å². The van der Waals surface area contributed by atoms with Crippen molar-refractivity contribution < 1.29 is 15.0 Å². The first-order valence-corrected chi connectivity index (χ1v) is 3.94. The monoisotopic (exact) mass is 209 g/mol. The topological polar surface area (TPSA) is 119 Å². The number of nitrogens with two attached hydrogens (primary N) is 1. The number of hydrazine groups is 1. The zero-order valence-electron chi connectivity index (χ0n) is 7.60. The van der Waals surface area contributed by atoms with E-state index in [0.717, 1.165) is 0 Å². The van der Waals surface area contributed by atoms with E-state index in [0.29, 0.717) is 5.56 Å². The molecule has 0 radical (unpaired) electrons. The van der Waals surface area contributed by atoms with Crippen molar-refractivity contribution in [2.75, 3.05) is 0 Å². The Morgan fingerprint density at radius 1 is 1.60 bits per heavy atom. The van der Waals surface area contributed by atoms with E-state index in [1.807, 2.05) is 0 Å². The van der Waals surface area contributed by atoms with Gasteiger partial charge in [-0.05, 0) is 17.3 Å². The van der Waals surface area contributed by atoms with Crippen LogP contribution in [0.15, 0.2) is 23.4 Å². The Labute approximate surface area is 84.6 Å². The summed E-state index contributed by atoms with van der Waals surface area (Å²) >= 11 is 0. The van der Waals surface area contributed by atoms with Gasteiger partial charge >= 0.3 is 6.03 Å². The van der Waals surface area contributed by atoms with Gasteiger partial charge in [-0.15, -0.1) is 15.4 Å². The van der Waals surface area contributed by atoms with E-state index in [-0.39, 0.29) is 11.4 Å². The molecule has 0 aromatic heterocycles. The quantitative estimate of drug-likeness (QED) is 0.286. The fourth-order valence-electron chi connectivity index (χ4n) is 0.924. The van der Waals surface area contributed by atoms with E-state index in [4.69, 9.17) is 5.73 Å². The third-order valence-electron chi connectivity index (χ3n) is 1.57. The first-order valence-electron chi connectivity index (χ1n) is 3.94. The molecule has 0 bridgehead atoms. The molecule has 2 amide bonds. The minimum absolute atomic E-state index is 0.0791. The molecule has 7 heteroatoms. The molecule has 78 valence electrons. The SMILES string of the molecule is NC(=O)N/[NH+]=C/c1cccc(N=O)c1O. The second kappa shape index (κ2) is 4.70. The summed E-state index contributed by atoms with van der Waals surface area (Å²) in [5.74, 6) is -0.272. The highest BCUT2D eigenvalue weighted by Crippen LogP contribution is 2.27. The van der Waals surface area contributed by atoms with E-state index in [2.05, 4.69) is 15.7 Å². The first-order chi connectivity index (χ1) is 7.15. The normalized spacial score (nSPS) is 10.1. The number of hydrazone groups is 1. The van der Waals surface area contributed by atoms with Crippen LogP contribution in [0.25, 0.3) is 0 Å². The number of nitrogens with zero attached hydrogens (tertiary/aromatic N) is 1. The number of hydrogen-bond donors (Lipinski definition) is 4. The maximum Gasteiger partial charge on any atom is 0.365 e. The highest BCUT2D eigenvalue weighted by atomic mass is 16.3. The lowest BCUT2D eigenvalue weighted by molar-refractivity contribution is -0.502. The maximum atomic E-state index is 10.3. The number of aromatic hydroxyl groups is 1. The van der Waals surface area contributed by atoms with Gasteiger partial charge < -0.3 is 10.8 Å². The summed E-state index contributed by atoms with van der Waals surface area (Å²) in [5.41, 5.74) is 7.09. The lowest BCUT2D eigenvalue weighted by Crippen LogP contribution is -2.82. The van der Waals surface area contributed by atoms with Crippen LogP contribution in [0.2, 0.25) is 0 Å². The smallest absolute Gasteiger partial charge is 0.365 e. The van der Waals surface area contributed by atoms with Crippen LogP contribution in [0.4, 0.5) is 10.5 Å². The Kier molecular flexibility index (Phi) is 3.33. The van der Waals surface area contributed by atoms with Gasteiger partial charge in [0, 0.05) is 0 Å². The lowest BCUT2D eigenvalue weighted by atomic mass is 10.2. The zero-order chi connectivity index (χ0) is 11.3. The fraction of sp³-hybridized carbons (Fsp3) is 0. The third-order valence-corrected chi connectivity index (χ3v) is 1.57. The van der Waals surface area contributed by atoms with Crippen LogP contribution in [0.5, 0.6) is 5.75 Å². The summed E-state index contributed by atoms with van der Waals surface area (Å²) in [6, 6.07) is 3.66. The molecule has 0 fully saturated rings. The maximum absolute atomic E-state index is 10.3. The standard InChI is InChI=1S/C8H8N4O3/c9-8(14)11-10-4-5-2-1-3-6(12-15)7(5)13/h1-4,13H,(H3,9,11,14)/p+1/b10-4+. The molecule has 0 spiro atoms. The summed E-state index contributed by atoms with van der Waals surface area (Å²) in [5, 5.41) is 14.4. The van der Waals surface area contributed by atoms with Crippen LogP contribution in [-0.4, -0.2) is 17.4 Å². The molecule has 0 saturated carbocycles. The zero-order valence-corrected chi connectivity index (χ0v) is 7.60. The van der Waals surface area contributed by atoms with Crippen LogP contribution < -0.4 is 16.3 Å². The van der Waals surface area contributed by atoms with Crippen molar-refractivity contribution in [2.45, 2.75) is 0 Å². The molecular weight excluding hydrogens is 200 g/mol. The number of carbonyl (C=O) groups excluding carboxylic acids is 1.